The quantitative estimate of drug-likeness (QED) is 0.307. The molecule has 0 aromatic heterocycles. The molecular weight excluding hydrogens is 372 g/mol. The fourth-order valence-electron chi connectivity index (χ4n) is 4.57. The lowest BCUT2D eigenvalue weighted by Crippen LogP contribution is -2.22. The van der Waals surface area contributed by atoms with E-state index >= 15 is 0 Å². The molecule has 5 aromatic carbocycles. The molecule has 0 aliphatic heterocycles. The van der Waals surface area contributed by atoms with Crippen LogP contribution in [0.4, 0.5) is 0 Å². The van der Waals surface area contributed by atoms with Gasteiger partial charge in [-0.05, 0) is 55.2 Å². The molecule has 4 heteroatoms. The number of amides is 2. The van der Waals surface area contributed by atoms with Crippen molar-refractivity contribution < 1.29 is 9.59 Å². The van der Waals surface area contributed by atoms with Crippen molar-refractivity contribution in [3.8, 4) is 0 Å². The van der Waals surface area contributed by atoms with Crippen LogP contribution in [0.25, 0.3) is 43.1 Å². The molecule has 0 atom stereocenters. The van der Waals surface area contributed by atoms with Gasteiger partial charge in [0.1, 0.15) is 0 Å². The highest BCUT2D eigenvalue weighted by Crippen LogP contribution is 2.42. The zero-order valence-corrected chi connectivity index (χ0v) is 17.5. The van der Waals surface area contributed by atoms with Gasteiger partial charge >= 0.3 is 0 Å². The molecule has 0 fully saturated rings. The van der Waals surface area contributed by atoms with Crippen LogP contribution in [-0.4, -0.2) is 49.8 Å². The molecular formula is C26H22N2O2. The van der Waals surface area contributed by atoms with E-state index in [4.69, 9.17) is 0 Å². The van der Waals surface area contributed by atoms with Gasteiger partial charge in [-0.25, -0.2) is 0 Å². The zero-order chi connectivity index (χ0) is 21.2. The molecule has 0 saturated heterocycles. The maximum atomic E-state index is 12.8. The van der Waals surface area contributed by atoms with Crippen LogP contribution in [0.15, 0.2) is 60.7 Å². The van der Waals surface area contributed by atoms with Crippen LogP contribution < -0.4 is 0 Å². The third-order valence-electron chi connectivity index (χ3n) is 5.93. The molecule has 0 aliphatic rings. The second-order valence-electron chi connectivity index (χ2n) is 8.18. The van der Waals surface area contributed by atoms with Gasteiger partial charge in [-0.2, -0.15) is 0 Å². The Labute approximate surface area is 174 Å². The maximum absolute atomic E-state index is 12.8. The number of hydrogen-bond donors (Lipinski definition) is 0. The van der Waals surface area contributed by atoms with E-state index < -0.39 is 0 Å². The summed E-state index contributed by atoms with van der Waals surface area (Å²) in [4.78, 5) is 28.8. The highest BCUT2D eigenvalue weighted by molar-refractivity contribution is 6.35. The van der Waals surface area contributed by atoms with Crippen molar-refractivity contribution in [2.45, 2.75) is 0 Å². The zero-order valence-electron chi connectivity index (χ0n) is 17.5. The summed E-state index contributed by atoms with van der Waals surface area (Å²) >= 11 is 0. The molecule has 0 radical (unpaired) electrons. The average Bonchev–Trinajstić information content (AvgIpc) is 2.75. The molecule has 2 amide bonds. The third-order valence-corrected chi connectivity index (χ3v) is 5.93. The first-order chi connectivity index (χ1) is 14.4. The minimum absolute atomic E-state index is 0.00497. The molecule has 0 saturated carbocycles. The second-order valence-corrected chi connectivity index (χ2v) is 8.18. The fraction of sp³-hybridized carbons (Fsp3) is 0.154. The Morgan fingerprint density at radius 3 is 1.20 bits per heavy atom. The smallest absolute Gasteiger partial charge is 0.253 e. The summed E-state index contributed by atoms with van der Waals surface area (Å²) in [5.74, 6) is -0.00994. The van der Waals surface area contributed by atoms with Crippen LogP contribution in [0.2, 0.25) is 0 Å². The van der Waals surface area contributed by atoms with E-state index in [1.54, 1.807) is 38.0 Å². The van der Waals surface area contributed by atoms with Crippen LogP contribution in [-0.2, 0) is 0 Å². The Hall–Kier alpha value is -3.66. The van der Waals surface area contributed by atoms with Gasteiger partial charge in [-0.3, -0.25) is 9.59 Å². The minimum atomic E-state index is -0.00497. The van der Waals surface area contributed by atoms with Crippen LogP contribution in [0.5, 0.6) is 0 Å². The molecule has 148 valence electrons. The van der Waals surface area contributed by atoms with E-state index in [0.717, 1.165) is 43.1 Å². The van der Waals surface area contributed by atoms with Gasteiger partial charge in [-0.1, -0.05) is 48.5 Å². The van der Waals surface area contributed by atoms with Crippen molar-refractivity contribution in [1.82, 2.24) is 9.80 Å². The van der Waals surface area contributed by atoms with E-state index in [9.17, 15) is 9.59 Å². The first kappa shape index (κ1) is 18.4. The van der Waals surface area contributed by atoms with E-state index in [0.29, 0.717) is 11.1 Å². The Balaban J connectivity index is 1.99. The van der Waals surface area contributed by atoms with Gasteiger partial charge in [-0.15, -0.1) is 0 Å². The van der Waals surface area contributed by atoms with Crippen molar-refractivity contribution in [3.05, 3.63) is 71.8 Å². The molecule has 0 N–H and O–H groups in total. The normalized spacial score (nSPS) is 11.6. The van der Waals surface area contributed by atoms with Gasteiger partial charge in [0.05, 0.1) is 0 Å². The van der Waals surface area contributed by atoms with Crippen molar-refractivity contribution >= 4 is 54.9 Å². The third kappa shape index (κ3) is 2.40. The standard InChI is InChI=1S/C26H22N2O2/c1-27(2)25(29)21-13-11-19-16-8-6-10-18-22(26(30)28(3)4)14-12-20(24(16)18)15-7-5-9-17(21)23(15)19/h5-14H,1-4H3. The molecule has 5 aromatic rings. The lowest BCUT2D eigenvalue weighted by Gasteiger charge is -2.19. The lowest BCUT2D eigenvalue weighted by atomic mass is 9.87. The number of fused-ring (bicyclic) bond motifs is 2. The van der Waals surface area contributed by atoms with Crippen molar-refractivity contribution in [2.75, 3.05) is 28.2 Å². The summed E-state index contributed by atoms with van der Waals surface area (Å²) in [5.41, 5.74) is 1.41. The first-order valence-corrected chi connectivity index (χ1v) is 9.95. The van der Waals surface area contributed by atoms with E-state index in [1.165, 1.54) is 0 Å². The number of hydrogen-bond acceptors (Lipinski definition) is 2. The number of nitrogens with zero attached hydrogens (tertiary/aromatic N) is 2. The number of carbonyl (C=O) groups excluding carboxylic acids is 2. The Kier molecular flexibility index (Phi) is 3.93. The number of carbonyl (C=O) groups is 2. The van der Waals surface area contributed by atoms with Crippen LogP contribution in [0.3, 0.4) is 0 Å². The topological polar surface area (TPSA) is 40.6 Å². The molecule has 5 rings (SSSR count). The van der Waals surface area contributed by atoms with Crippen molar-refractivity contribution in [2.24, 2.45) is 0 Å². The van der Waals surface area contributed by atoms with Crippen molar-refractivity contribution in [1.29, 1.82) is 0 Å². The summed E-state index contributed by atoms with van der Waals surface area (Å²) in [5, 5.41) is 8.51. The monoisotopic (exact) mass is 394 g/mol. The summed E-state index contributed by atoms with van der Waals surface area (Å²) < 4.78 is 0. The fourth-order valence-corrected chi connectivity index (χ4v) is 4.57. The minimum Gasteiger partial charge on any atom is -0.345 e. The predicted molar refractivity (Wildman–Crippen MR) is 124 cm³/mol. The van der Waals surface area contributed by atoms with Gasteiger partial charge in [0, 0.05) is 39.3 Å². The average molecular weight is 394 g/mol. The van der Waals surface area contributed by atoms with E-state index in [-0.39, 0.29) is 11.8 Å². The van der Waals surface area contributed by atoms with E-state index in [1.807, 2.05) is 48.5 Å². The summed E-state index contributed by atoms with van der Waals surface area (Å²) in [6.45, 7) is 0. The SMILES string of the molecule is CN(C)C(=O)c1ccc2c3cccc4c(C(=O)N(C)C)ccc(c5cccc1c52)c43. The first-order valence-electron chi connectivity index (χ1n) is 9.95. The van der Waals surface area contributed by atoms with Gasteiger partial charge < -0.3 is 9.80 Å². The Morgan fingerprint density at radius 2 is 0.833 bits per heavy atom. The largest absolute Gasteiger partial charge is 0.345 e. The van der Waals surface area contributed by atoms with Crippen LogP contribution in [0.1, 0.15) is 20.7 Å². The predicted octanol–water partition coefficient (Wildman–Crippen LogP) is 5.14. The van der Waals surface area contributed by atoms with Gasteiger partial charge in [0.15, 0.2) is 0 Å². The lowest BCUT2D eigenvalue weighted by molar-refractivity contribution is 0.0822. The van der Waals surface area contributed by atoms with Crippen LogP contribution >= 0.6 is 0 Å². The Morgan fingerprint density at radius 1 is 0.500 bits per heavy atom. The summed E-state index contributed by atoms with van der Waals surface area (Å²) in [6, 6.07) is 20.2. The number of benzene rings is 5. The van der Waals surface area contributed by atoms with Crippen LogP contribution in [0, 0.1) is 0 Å². The molecule has 0 aliphatic carbocycles. The molecule has 0 spiro atoms. The molecule has 0 heterocycles. The highest BCUT2D eigenvalue weighted by atomic mass is 16.2. The molecule has 4 nitrogen and oxygen atoms in total. The maximum Gasteiger partial charge on any atom is 0.253 e. The highest BCUT2D eigenvalue weighted by Gasteiger charge is 2.20. The summed E-state index contributed by atoms with van der Waals surface area (Å²) in [6.07, 6.45) is 0. The van der Waals surface area contributed by atoms with E-state index in [2.05, 4.69) is 12.1 Å². The molecule has 30 heavy (non-hydrogen) atoms. The van der Waals surface area contributed by atoms with Gasteiger partial charge in [0.2, 0.25) is 0 Å². The molecule has 0 bridgehead atoms. The second kappa shape index (κ2) is 6.42. The Bertz CT molecular complexity index is 1350. The number of rotatable bonds is 2. The molecule has 0 unspecified atom stereocenters. The summed E-state index contributed by atoms with van der Waals surface area (Å²) in [7, 11) is 7.10. The van der Waals surface area contributed by atoms with Crippen molar-refractivity contribution in [3.63, 3.8) is 0 Å². The van der Waals surface area contributed by atoms with Gasteiger partial charge in [0.25, 0.3) is 11.8 Å².